The molecule has 0 fully saturated rings. The van der Waals surface area contributed by atoms with E-state index in [1.807, 2.05) is 0 Å². The molecular formula is C21H17F2N3. The molecule has 3 nitrogen and oxygen atoms in total. The highest BCUT2D eigenvalue weighted by Crippen LogP contribution is 2.31. The molecule has 0 amide bonds. The van der Waals surface area contributed by atoms with E-state index in [1.165, 1.54) is 24.3 Å². The fourth-order valence-electron chi connectivity index (χ4n) is 3.03. The number of halogens is 2. The molecular weight excluding hydrogens is 332 g/mol. The first kappa shape index (κ1) is 16.5. The molecule has 0 saturated carbocycles. The summed E-state index contributed by atoms with van der Waals surface area (Å²) in [6.07, 6.45) is 4.75. The Kier molecular flexibility index (Phi) is 4.54. The highest BCUT2D eigenvalue weighted by molar-refractivity contribution is 5.79. The first-order chi connectivity index (χ1) is 12.7. The van der Waals surface area contributed by atoms with Crippen LogP contribution in [-0.2, 0) is 0 Å². The van der Waals surface area contributed by atoms with Gasteiger partial charge in [-0.2, -0.15) is 0 Å². The van der Waals surface area contributed by atoms with Gasteiger partial charge in [-0.1, -0.05) is 6.08 Å². The molecule has 0 aliphatic carbocycles. The van der Waals surface area contributed by atoms with Gasteiger partial charge in [0.15, 0.2) is 0 Å². The fourth-order valence-corrected chi connectivity index (χ4v) is 3.03. The smallest absolute Gasteiger partial charge is 0.123 e. The maximum Gasteiger partial charge on any atom is 0.123 e. The Labute approximate surface area is 150 Å². The van der Waals surface area contributed by atoms with E-state index < -0.39 is 0 Å². The van der Waals surface area contributed by atoms with E-state index in [2.05, 4.69) is 16.4 Å². The summed E-state index contributed by atoms with van der Waals surface area (Å²) >= 11 is 0. The number of nitrogens with zero attached hydrogens (tertiary/aromatic N) is 2. The van der Waals surface area contributed by atoms with Crippen LogP contribution in [0, 0.1) is 11.6 Å². The quantitative estimate of drug-likeness (QED) is 0.758. The number of hydrogen-bond donors (Lipinski definition) is 1. The van der Waals surface area contributed by atoms with Gasteiger partial charge in [0.1, 0.15) is 11.6 Å². The second-order valence-corrected chi connectivity index (χ2v) is 6.15. The van der Waals surface area contributed by atoms with E-state index >= 15 is 0 Å². The molecule has 0 radical (unpaired) electrons. The summed E-state index contributed by atoms with van der Waals surface area (Å²) < 4.78 is 26.6. The third-order valence-corrected chi connectivity index (χ3v) is 4.40. The number of nitrogens with one attached hydrogen (secondary N) is 1. The third-order valence-electron chi connectivity index (χ3n) is 4.40. The Bertz CT molecular complexity index is 948. The summed E-state index contributed by atoms with van der Waals surface area (Å²) in [4.78, 5) is 9.43. The van der Waals surface area contributed by atoms with Crippen LogP contribution in [0.5, 0.6) is 0 Å². The highest BCUT2D eigenvalue weighted by Gasteiger charge is 2.15. The van der Waals surface area contributed by atoms with Crippen molar-refractivity contribution in [2.75, 3.05) is 13.1 Å². The van der Waals surface area contributed by atoms with Crippen molar-refractivity contribution in [2.45, 2.75) is 6.42 Å². The lowest BCUT2D eigenvalue weighted by atomic mass is 10.0. The Balaban J connectivity index is 1.86. The first-order valence-electron chi connectivity index (χ1n) is 8.50. The summed E-state index contributed by atoms with van der Waals surface area (Å²) in [6, 6.07) is 12.3. The van der Waals surface area contributed by atoms with Gasteiger partial charge >= 0.3 is 0 Å². The van der Waals surface area contributed by atoms with Crippen LogP contribution in [0.1, 0.15) is 12.1 Å². The molecule has 3 aromatic rings. The molecule has 0 bridgehead atoms. The van der Waals surface area contributed by atoms with Gasteiger partial charge in [-0.15, -0.1) is 0 Å². The number of benzene rings is 2. The second kappa shape index (κ2) is 7.14. The Morgan fingerprint density at radius 1 is 0.808 bits per heavy atom. The van der Waals surface area contributed by atoms with Crippen molar-refractivity contribution in [2.24, 2.45) is 0 Å². The van der Waals surface area contributed by atoms with Crippen LogP contribution in [0.2, 0.25) is 0 Å². The SMILES string of the molecule is Fc1ccc(-c2ncc(C3=CCNCC3)nc2-c2ccc(F)cc2)cc1. The normalized spacial score (nSPS) is 14.2. The minimum absolute atomic E-state index is 0.303. The minimum atomic E-state index is -0.304. The average molecular weight is 349 g/mol. The van der Waals surface area contributed by atoms with Crippen LogP contribution in [0.15, 0.2) is 60.8 Å². The van der Waals surface area contributed by atoms with Gasteiger partial charge in [0.05, 0.1) is 23.3 Å². The molecule has 0 unspecified atom stereocenters. The Morgan fingerprint density at radius 2 is 1.42 bits per heavy atom. The molecule has 1 aliphatic rings. The topological polar surface area (TPSA) is 37.8 Å². The maximum absolute atomic E-state index is 13.3. The van der Waals surface area contributed by atoms with E-state index in [0.29, 0.717) is 11.4 Å². The summed E-state index contributed by atoms with van der Waals surface area (Å²) in [7, 11) is 0. The molecule has 2 aromatic carbocycles. The molecule has 26 heavy (non-hydrogen) atoms. The van der Waals surface area contributed by atoms with E-state index in [1.54, 1.807) is 30.5 Å². The predicted octanol–water partition coefficient (Wildman–Crippen LogP) is 4.47. The molecule has 4 rings (SSSR count). The second-order valence-electron chi connectivity index (χ2n) is 6.15. The van der Waals surface area contributed by atoms with Gasteiger partial charge in [-0.3, -0.25) is 4.98 Å². The van der Waals surface area contributed by atoms with Crippen molar-refractivity contribution >= 4 is 5.57 Å². The van der Waals surface area contributed by atoms with Gasteiger partial charge in [0.25, 0.3) is 0 Å². The van der Waals surface area contributed by atoms with E-state index in [-0.39, 0.29) is 11.6 Å². The van der Waals surface area contributed by atoms with Gasteiger partial charge in [0, 0.05) is 17.7 Å². The largest absolute Gasteiger partial charge is 0.313 e. The predicted molar refractivity (Wildman–Crippen MR) is 98.3 cm³/mol. The van der Waals surface area contributed by atoms with Crippen LogP contribution in [-0.4, -0.2) is 23.1 Å². The minimum Gasteiger partial charge on any atom is -0.313 e. The van der Waals surface area contributed by atoms with Crippen molar-refractivity contribution in [3.63, 3.8) is 0 Å². The summed E-state index contributed by atoms with van der Waals surface area (Å²) in [5, 5.41) is 3.28. The monoisotopic (exact) mass is 349 g/mol. The molecule has 0 atom stereocenters. The lowest BCUT2D eigenvalue weighted by Crippen LogP contribution is -2.20. The van der Waals surface area contributed by atoms with Crippen molar-refractivity contribution in [3.05, 3.63) is 78.1 Å². The summed E-state index contributed by atoms with van der Waals surface area (Å²) in [5.41, 5.74) is 4.81. The molecule has 0 spiro atoms. The zero-order chi connectivity index (χ0) is 17.9. The lowest BCUT2D eigenvalue weighted by Gasteiger charge is -2.16. The van der Waals surface area contributed by atoms with Crippen LogP contribution in [0.3, 0.4) is 0 Å². The number of rotatable bonds is 3. The summed E-state index contributed by atoms with van der Waals surface area (Å²) in [6.45, 7) is 1.71. The first-order valence-corrected chi connectivity index (χ1v) is 8.50. The molecule has 130 valence electrons. The maximum atomic E-state index is 13.3. The van der Waals surface area contributed by atoms with Crippen molar-refractivity contribution in [3.8, 4) is 22.5 Å². The van der Waals surface area contributed by atoms with Gasteiger partial charge in [-0.05, 0) is 67.1 Å². The highest BCUT2D eigenvalue weighted by atomic mass is 19.1. The van der Waals surface area contributed by atoms with E-state index in [9.17, 15) is 8.78 Å². The molecule has 0 saturated heterocycles. The van der Waals surface area contributed by atoms with E-state index in [4.69, 9.17) is 4.98 Å². The lowest BCUT2D eigenvalue weighted by molar-refractivity contribution is 0.627. The average Bonchev–Trinajstić information content (AvgIpc) is 2.70. The fraction of sp³-hybridized carbons (Fsp3) is 0.143. The van der Waals surface area contributed by atoms with Crippen LogP contribution in [0.4, 0.5) is 8.78 Å². The Hall–Kier alpha value is -2.92. The van der Waals surface area contributed by atoms with Crippen molar-refractivity contribution < 1.29 is 8.78 Å². The standard InChI is InChI=1S/C21H17F2N3/c22-17-5-1-15(2-6-17)20-21(16-3-7-18(23)8-4-16)26-19(13-25-20)14-9-11-24-12-10-14/h1-9,13,24H,10-12H2. The number of hydrogen-bond acceptors (Lipinski definition) is 3. The molecule has 1 aliphatic heterocycles. The summed E-state index contributed by atoms with van der Waals surface area (Å²) in [5.74, 6) is -0.608. The van der Waals surface area contributed by atoms with Crippen molar-refractivity contribution in [1.82, 2.24) is 15.3 Å². The van der Waals surface area contributed by atoms with Crippen LogP contribution < -0.4 is 5.32 Å². The zero-order valence-electron chi connectivity index (χ0n) is 14.0. The van der Waals surface area contributed by atoms with Gasteiger partial charge in [-0.25, -0.2) is 13.8 Å². The molecule has 1 N–H and O–H groups in total. The Morgan fingerprint density at radius 3 is 2.00 bits per heavy atom. The van der Waals surface area contributed by atoms with Crippen LogP contribution in [0.25, 0.3) is 28.1 Å². The van der Waals surface area contributed by atoms with Crippen LogP contribution >= 0.6 is 0 Å². The van der Waals surface area contributed by atoms with Crippen molar-refractivity contribution in [1.29, 1.82) is 0 Å². The molecule has 2 heterocycles. The zero-order valence-corrected chi connectivity index (χ0v) is 14.0. The molecule has 5 heteroatoms. The third kappa shape index (κ3) is 3.39. The number of aromatic nitrogens is 2. The van der Waals surface area contributed by atoms with Gasteiger partial charge in [0.2, 0.25) is 0 Å². The molecule has 1 aromatic heterocycles. The van der Waals surface area contributed by atoms with E-state index in [0.717, 1.165) is 41.9 Å². The van der Waals surface area contributed by atoms with Gasteiger partial charge < -0.3 is 5.32 Å².